The zero-order valence-electron chi connectivity index (χ0n) is 27.2. The molecule has 5 aliphatic carbocycles. The SMILES string of the molecule is COc1ccc(C23CCC(CN(C(=O)C4CCC(NC(C)=O)CC4)c4cccc(-c5cnn(C6CC6)c5)c4)(CC2)CC3)cc1C. The predicted octanol–water partition coefficient (Wildman–Crippen LogP) is 7.52. The number of aryl methyl sites for hydroxylation is 1. The van der Waals surface area contributed by atoms with Crippen LogP contribution >= 0.6 is 0 Å². The summed E-state index contributed by atoms with van der Waals surface area (Å²) in [6.07, 6.45) is 16.8. The van der Waals surface area contributed by atoms with Gasteiger partial charge in [-0.25, -0.2) is 0 Å². The molecule has 5 aliphatic rings. The molecule has 7 heteroatoms. The van der Waals surface area contributed by atoms with Gasteiger partial charge in [-0.2, -0.15) is 5.10 Å². The van der Waals surface area contributed by atoms with Gasteiger partial charge >= 0.3 is 0 Å². The molecule has 1 N–H and O–H groups in total. The van der Waals surface area contributed by atoms with Crippen LogP contribution in [0, 0.1) is 18.3 Å². The minimum Gasteiger partial charge on any atom is -0.496 e. The number of ether oxygens (including phenoxy) is 1. The van der Waals surface area contributed by atoms with E-state index in [1.165, 1.54) is 43.2 Å². The van der Waals surface area contributed by atoms with Crippen molar-refractivity contribution < 1.29 is 14.3 Å². The molecule has 0 unspecified atom stereocenters. The minimum absolute atomic E-state index is 0.0128. The van der Waals surface area contributed by atoms with Crippen molar-refractivity contribution in [1.82, 2.24) is 15.1 Å². The van der Waals surface area contributed by atoms with Gasteiger partial charge in [0.05, 0.1) is 19.3 Å². The number of amides is 2. The fraction of sp³-hybridized carbons (Fsp3) is 0.553. The van der Waals surface area contributed by atoms with E-state index in [9.17, 15) is 9.59 Å². The molecule has 0 saturated heterocycles. The molecule has 3 aromatic rings. The Balaban J connectivity index is 1.13. The van der Waals surface area contributed by atoms with Gasteiger partial charge in [0.25, 0.3) is 0 Å². The van der Waals surface area contributed by atoms with Crippen LogP contribution in [0.15, 0.2) is 54.9 Å². The van der Waals surface area contributed by atoms with Crippen molar-refractivity contribution in [3.63, 3.8) is 0 Å². The molecule has 7 nitrogen and oxygen atoms in total. The van der Waals surface area contributed by atoms with E-state index < -0.39 is 0 Å². The summed E-state index contributed by atoms with van der Waals surface area (Å²) >= 11 is 0. The number of nitrogens with zero attached hydrogens (tertiary/aromatic N) is 3. The van der Waals surface area contributed by atoms with E-state index in [4.69, 9.17) is 4.74 Å². The summed E-state index contributed by atoms with van der Waals surface area (Å²) in [6.45, 7) is 4.51. The lowest BCUT2D eigenvalue weighted by molar-refractivity contribution is -0.124. The topological polar surface area (TPSA) is 76.5 Å². The third-order valence-corrected chi connectivity index (χ3v) is 11.7. The first-order chi connectivity index (χ1) is 21.8. The van der Waals surface area contributed by atoms with Crippen LogP contribution in [0.4, 0.5) is 5.69 Å². The molecule has 1 aromatic heterocycles. The lowest BCUT2D eigenvalue weighted by atomic mass is 9.51. The van der Waals surface area contributed by atoms with Crippen LogP contribution in [-0.4, -0.2) is 41.3 Å². The number of hydrogen-bond donors (Lipinski definition) is 1. The fourth-order valence-corrected chi connectivity index (χ4v) is 8.65. The van der Waals surface area contributed by atoms with Crippen LogP contribution in [0.3, 0.4) is 0 Å². The second-order valence-corrected chi connectivity index (χ2v) is 14.6. The third kappa shape index (κ3) is 6.03. The van der Waals surface area contributed by atoms with Gasteiger partial charge in [0.2, 0.25) is 11.8 Å². The molecule has 8 rings (SSSR count). The number of hydrogen-bond acceptors (Lipinski definition) is 4. The van der Waals surface area contributed by atoms with E-state index >= 15 is 0 Å². The highest BCUT2D eigenvalue weighted by Crippen LogP contribution is 2.58. The number of anilines is 1. The van der Waals surface area contributed by atoms with Crippen molar-refractivity contribution in [2.24, 2.45) is 11.3 Å². The highest BCUT2D eigenvalue weighted by atomic mass is 16.5. The largest absolute Gasteiger partial charge is 0.496 e. The normalized spacial score (nSPS) is 27.6. The van der Waals surface area contributed by atoms with Crippen molar-refractivity contribution >= 4 is 17.5 Å². The molecule has 0 aliphatic heterocycles. The monoisotopic (exact) mass is 608 g/mol. The van der Waals surface area contributed by atoms with E-state index in [1.807, 2.05) is 6.20 Å². The molecule has 45 heavy (non-hydrogen) atoms. The van der Waals surface area contributed by atoms with E-state index in [0.717, 1.165) is 74.1 Å². The van der Waals surface area contributed by atoms with E-state index in [1.54, 1.807) is 14.0 Å². The summed E-state index contributed by atoms with van der Waals surface area (Å²) in [5, 5.41) is 7.71. The number of methoxy groups -OCH3 is 1. The van der Waals surface area contributed by atoms with Crippen molar-refractivity contribution in [2.45, 2.75) is 108 Å². The van der Waals surface area contributed by atoms with Gasteiger partial charge < -0.3 is 15.0 Å². The van der Waals surface area contributed by atoms with Gasteiger partial charge in [-0.1, -0.05) is 24.3 Å². The molecule has 2 aromatic carbocycles. The van der Waals surface area contributed by atoms with Crippen molar-refractivity contribution in [3.05, 3.63) is 66.0 Å². The Hall–Kier alpha value is -3.61. The van der Waals surface area contributed by atoms with Crippen molar-refractivity contribution in [2.75, 3.05) is 18.6 Å². The molecule has 1 heterocycles. The Bertz CT molecular complexity index is 1540. The summed E-state index contributed by atoms with van der Waals surface area (Å²) < 4.78 is 7.65. The minimum atomic E-state index is -0.0128. The average molecular weight is 609 g/mol. The zero-order chi connectivity index (χ0) is 31.2. The van der Waals surface area contributed by atoms with Gasteiger partial charge in [0.15, 0.2) is 0 Å². The van der Waals surface area contributed by atoms with Crippen molar-refractivity contribution in [1.29, 1.82) is 0 Å². The van der Waals surface area contributed by atoms with Crippen molar-refractivity contribution in [3.8, 4) is 16.9 Å². The third-order valence-electron chi connectivity index (χ3n) is 11.7. The highest BCUT2D eigenvalue weighted by molar-refractivity contribution is 5.96. The van der Waals surface area contributed by atoms with Crippen LogP contribution < -0.4 is 15.0 Å². The summed E-state index contributed by atoms with van der Waals surface area (Å²) in [6, 6.07) is 16.1. The number of rotatable bonds is 9. The summed E-state index contributed by atoms with van der Waals surface area (Å²) in [4.78, 5) is 28.3. The first-order valence-corrected chi connectivity index (χ1v) is 17.1. The highest BCUT2D eigenvalue weighted by Gasteiger charge is 2.50. The first kappa shape index (κ1) is 30.1. The fourth-order valence-electron chi connectivity index (χ4n) is 8.65. The second kappa shape index (κ2) is 12.0. The molecule has 0 spiro atoms. The quantitative estimate of drug-likeness (QED) is 0.273. The number of carbonyl (C=O) groups is 2. The van der Waals surface area contributed by atoms with Crippen LogP contribution in [0.5, 0.6) is 5.75 Å². The van der Waals surface area contributed by atoms with Crippen LogP contribution in [0.25, 0.3) is 11.1 Å². The maximum Gasteiger partial charge on any atom is 0.230 e. The Morgan fingerprint density at radius 3 is 2.33 bits per heavy atom. The number of benzene rings is 2. The average Bonchev–Trinajstić information content (AvgIpc) is 3.80. The molecule has 0 atom stereocenters. The van der Waals surface area contributed by atoms with Crippen LogP contribution in [0.2, 0.25) is 0 Å². The maximum atomic E-state index is 14.5. The number of nitrogens with one attached hydrogen (secondary N) is 1. The number of fused-ring (bicyclic) bond motifs is 3. The Kier molecular flexibility index (Phi) is 7.99. The molecule has 5 saturated carbocycles. The molecule has 5 fully saturated rings. The molecule has 238 valence electrons. The number of aromatic nitrogens is 2. The summed E-state index contributed by atoms with van der Waals surface area (Å²) in [7, 11) is 1.74. The lowest BCUT2D eigenvalue weighted by Gasteiger charge is -2.55. The Labute approximate surface area is 267 Å². The van der Waals surface area contributed by atoms with E-state index in [2.05, 4.69) is 75.6 Å². The molecular weight excluding hydrogens is 560 g/mol. The number of carbonyl (C=O) groups excluding carboxylic acids is 2. The molecule has 2 amide bonds. The predicted molar refractivity (Wildman–Crippen MR) is 177 cm³/mol. The van der Waals surface area contributed by atoms with Gasteiger partial charge in [-0.3, -0.25) is 14.3 Å². The Morgan fingerprint density at radius 1 is 0.956 bits per heavy atom. The van der Waals surface area contributed by atoms with Gasteiger partial charge in [0.1, 0.15) is 5.75 Å². The standard InChI is InChI=1S/C38H48N4O3/c1-26-21-31(9-14-35(26)45-3)38-18-15-37(16-19-38,17-20-38)25-41(36(44)28-7-10-32(11-8-28)40-27(2)43)34-6-4-5-29(22-34)30-23-39-42(24-30)33-12-13-33/h4-6,9,14,21-24,28,32-33H,7-8,10-13,15-20,25H2,1-3H3,(H,40,43). The van der Waals surface area contributed by atoms with Crippen LogP contribution in [-0.2, 0) is 15.0 Å². The Morgan fingerprint density at radius 2 is 1.69 bits per heavy atom. The van der Waals surface area contributed by atoms with Gasteiger partial charge in [-0.15, -0.1) is 0 Å². The van der Waals surface area contributed by atoms with Gasteiger partial charge in [-0.05, 0) is 130 Å². The molecule has 2 bridgehead atoms. The van der Waals surface area contributed by atoms with Gasteiger partial charge in [0, 0.05) is 42.9 Å². The lowest BCUT2D eigenvalue weighted by Crippen LogP contribution is -2.52. The summed E-state index contributed by atoms with van der Waals surface area (Å²) in [5.74, 6) is 1.21. The van der Waals surface area contributed by atoms with E-state index in [0.29, 0.717) is 6.04 Å². The first-order valence-electron chi connectivity index (χ1n) is 17.1. The second-order valence-electron chi connectivity index (χ2n) is 14.6. The molecule has 0 radical (unpaired) electrons. The smallest absolute Gasteiger partial charge is 0.230 e. The summed E-state index contributed by atoms with van der Waals surface area (Å²) in [5.41, 5.74) is 6.27. The zero-order valence-corrected chi connectivity index (χ0v) is 27.2. The maximum absolute atomic E-state index is 14.5. The van der Waals surface area contributed by atoms with E-state index in [-0.39, 0.29) is 34.6 Å². The molecular formula is C38H48N4O3. The van der Waals surface area contributed by atoms with Crippen LogP contribution in [0.1, 0.15) is 101 Å².